The molecule has 0 bridgehead atoms. The molecule has 0 aliphatic carbocycles. The quantitative estimate of drug-likeness (QED) is 0.472. The van der Waals surface area contributed by atoms with E-state index in [2.05, 4.69) is 9.73 Å². The minimum absolute atomic E-state index is 0. The van der Waals surface area contributed by atoms with Crippen LogP contribution in [0.15, 0.2) is 21.6 Å². The maximum Gasteiger partial charge on any atom is 1.00 e. The van der Waals surface area contributed by atoms with E-state index in [9.17, 15) is 13.2 Å². The van der Waals surface area contributed by atoms with Crippen LogP contribution in [-0.2, 0) is 10.1 Å². The number of furan rings is 1. The third kappa shape index (κ3) is 4.26. The number of carbonyl (C=O) groups is 1. The predicted molar refractivity (Wildman–Crippen MR) is 52.2 cm³/mol. The zero-order chi connectivity index (χ0) is 11.6. The summed E-state index contributed by atoms with van der Waals surface area (Å²) < 4.78 is 34.5. The van der Waals surface area contributed by atoms with Crippen molar-refractivity contribution < 1.29 is 53.2 Å². The molecule has 16 heavy (non-hydrogen) atoms. The summed E-state index contributed by atoms with van der Waals surface area (Å²) in [6.45, 7) is 3.51. The first-order valence-electron chi connectivity index (χ1n) is 4.19. The summed E-state index contributed by atoms with van der Waals surface area (Å²) in [6, 6.07) is 2.11. The molecule has 0 fully saturated rings. The summed E-state index contributed by atoms with van der Waals surface area (Å²) in [6.07, 6.45) is 0. The monoisotopic (exact) mass is 257 g/mol. The van der Waals surface area contributed by atoms with Gasteiger partial charge in [0.05, 0.1) is 0 Å². The molecule has 1 aromatic heterocycles. The molecule has 1 rings (SSSR count). The number of amides is 1. The van der Waals surface area contributed by atoms with Crippen LogP contribution in [0.1, 0.15) is 25.8 Å². The first-order chi connectivity index (χ1) is 6.80. The molecule has 0 aliphatic rings. The van der Waals surface area contributed by atoms with Gasteiger partial charge < -0.3 is 11.2 Å². The Hall–Kier alpha value is -0.340. The molecule has 0 saturated heterocycles. The topological polar surface area (TPSA) is 96.6 Å². The van der Waals surface area contributed by atoms with Crippen molar-refractivity contribution in [2.75, 3.05) is 0 Å². The molecule has 8 heteroatoms. The normalized spacial score (nSPS) is 11.0. The molecule has 0 aliphatic heterocycles. The smallest absolute Gasteiger partial charge is 1.00 e. The van der Waals surface area contributed by atoms with Gasteiger partial charge in [-0.3, -0.25) is 9.35 Å². The molecular formula is C8H12NNaO5S. The van der Waals surface area contributed by atoms with Crippen molar-refractivity contribution >= 4 is 16.0 Å². The molecule has 1 heterocycles. The van der Waals surface area contributed by atoms with Crippen molar-refractivity contribution in [2.45, 2.75) is 25.0 Å². The Bertz CT molecular complexity index is 470. The van der Waals surface area contributed by atoms with Gasteiger partial charge in [0.25, 0.3) is 5.91 Å². The number of carbonyl (C=O) groups excluding carboxylic acids is 1. The van der Waals surface area contributed by atoms with E-state index in [1.165, 1.54) is 6.07 Å². The van der Waals surface area contributed by atoms with Gasteiger partial charge in [-0.05, 0) is 26.0 Å². The minimum atomic E-state index is -4.39. The van der Waals surface area contributed by atoms with Gasteiger partial charge in [-0.2, -0.15) is 8.42 Å². The third-order valence-corrected chi connectivity index (χ3v) is 2.21. The second-order valence-electron chi connectivity index (χ2n) is 3.22. The molecule has 0 spiro atoms. The first-order valence-corrected chi connectivity index (χ1v) is 5.63. The van der Waals surface area contributed by atoms with Crippen LogP contribution in [-0.4, -0.2) is 24.9 Å². The van der Waals surface area contributed by atoms with Crippen molar-refractivity contribution in [3.63, 3.8) is 0 Å². The van der Waals surface area contributed by atoms with Gasteiger partial charge in [0, 0.05) is 6.04 Å². The summed E-state index contributed by atoms with van der Waals surface area (Å²) in [7, 11) is -4.39. The third-order valence-electron chi connectivity index (χ3n) is 1.48. The fraction of sp³-hybridized carbons (Fsp3) is 0.375. The Morgan fingerprint density at radius 3 is 2.44 bits per heavy atom. The zero-order valence-electron chi connectivity index (χ0n) is 10.2. The number of hydrogen-bond donors (Lipinski definition) is 2. The second-order valence-corrected chi connectivity index (χ2v) is 4.57. The van der Waals surface area contributed by atoms with Crippen LogP contribution in [0.3, 0.4) is 0 Å². The molecule has 0 aromatic carbocycles. The van der Waals surface area contributed by atoms with Crippen molar-refractivity contribution in [2.24, 2.45) is 0 Å². The van der Waals surface area contributed by atoms with E-state index in [4.69, 9.17) is 4.55 Å². The average molecular weight is 257 g/mol. The van der Waals surface area contributed by atoms with Gasteiger partial charge in [-0.25, -0.2) is 0 Å². The summed E-state index contributed by atoms with van der Waals surface area (Å²) in [5, 5.41) is 1.87. The van der Waals surface area contributed by atoms with Crippen molar-refractivity contribution in [3.05, 3.63) is 17.9 Å². The molecule has 1 amide bonds. The predicted octanol–water partition coefficient (Wildman–Crippen LogP) is -2.22. The van der Waals surface area contributed by atoms with E-state index in [-0.39, 0.29) is 42.8 Å². The summed E-state index contributed by atoms with van der Waals surface area (Å²) in [4.78, 5) is 11.3. The average Bonchev–Trinajstić information content (AvgIpc) is 2.48. The molecule has 0 radical (unpaired) electrons. The molecule has 1 aromatic rings. The summed E-state index contributed by atoms with van der Waals surface area (Å²) >= 11 is 0. The maximum absolute atomic E-state index is 11.3. The molecule has 0 unspecified atom stereocenters. The molecule has 2 N–H and O–H groups in total. The molecule has 0 atom stereocenters. The van der Waals surface area contributed by atoms with E-state index >= 15 is 0 Å². The van der Waals surface area contributed by atoms with Crippen LogP contribution < -0.4 is 34.9 Å². The second kappa shape index (κ2) is 5.83. The van der Waals surface area contributed by atoms with Crippen molar-refractivity contribution in [1.82, 2.24) is 5.32 Å². The molecule has 86 valence electrons. The van der Waals surface area contributed by atoms with E-state index in [1.807, 2.05) is 0 Å². The largest absolute Gasteiger partial charge is 1.00 e. The van der Waals surface area contributed by atoms with Crippen LogP contribution in [0.25, 0.3) is 0 Å². The fourth-order valence-corrected chi connectivity index (χ4v) is 1.35. The fourth-order valence-electron chi connectivity index (χ4n) is 0.914. The van der Waals surface area contributed by atoms with Crippen LogP contribution >= 0.6 is 0 Å². The Labute approximate surface area is 117 Å². The van der Waals surface area contributed by atoms with Gasteiger partial charge >= 0.3 is 39.7 Å². The van der Waals surface area contributed by atoms with Crippen LogP contribution in [0, 0.1) is 0 Å². The van der Waals surface area contributed by atoms with Gasteiger partial charge in [0.1, 0.15) is 0 Å². The summed E-state index contributed by atoms with van der Waals surface area (Å²) in [5.41, 5.74) is 0. The van der Waals surface area contributed by atoms with E-state index in [1.54, 1.807) is 13.8 Å². The number of hydrogen-bond acceptors (Lipinski definition) is 4. The van der Waals surface area contributed by atoms with Crippen LogP contribution in [0.2, 0.25) is 0 Å². The molecule has 6 nitrogen and oxygen atoms in total. The van der Waals surface area contributed by atoms with Crippen molar-refractivity contribution in [3.8, 4) is 0 Å². The van der Waals surface area contributed by atoms with E-state index in [0.29, 0.717) is 0 Å². The van der Waals surface area contributed by atoms with Gasteiger partial charge in [-0.1, -0.05) is 0 Å². The number of rotatable bonds is 3. The zero-order valence-corrected chi connectivity index (χ0v) is 12.0. The Balaban J connectivity index is 0. The van der Waals surface area contributed by atoms with Crippen LogP contribution in [0.4, 0.5) is 0 Å². The minimum Gasteiger partial charge on any atom is -1.00 e. The van der Waals surface area contributed by atoms with E-state index in [0.717, 1.165) is 6.07 Å². The Morgan fingerprint density at radius 1 is 1.50 bits per heavy atom. The SMILES string of the molecule is CC(C)NC(=O)c1ccc(S(=O)(=O)O)o1.[H-].[Na+]. The molecular weight excluding hydrogens is 245 g/mol. The first kappa shape index (κ1) is 15.7. The number of nitrogens with one attached hydrogen (secondary N) is 1. The Morgan fingerprint density at radius 2 is 2.06 bits per heavy atom. The van der Waals surface area contributed by atoms with Gasteiger partial charge in [0.15, 0.2) is 5.76 Å². The Kier molecular flexibility index (Phi) is 5.71. The maximum atomic E-state index is 11.3. The van der Waals surface area contributed by atoms with Crippen LogP contribution in [0.5, 0.6) is 0 Å². The summed E-state index contributed by atoms with van der Waals surface area (Å²) in [5.74, 6) is -0.684. The standard InChI is InChI=1S/C8H11NO5S.Na.H/c1-5(2)9-8(10)6-3-4-7(14-6)15(11,12)13;;/h3-5H,1-2H3,(H,9,10)(H,11,12,13);;/q;+1;-1. The van der Waals surface area contributed by atoms with Gasteiger partial charge in [-0.15, -0.1) is 0 Å². The van der Waals surface area contributed by atoms with Crippen molar-refractivity contribution in [1.29, 1.82) is 0 Å². The van der Waals surface area contributed by atoms with E-state index < -0.39 is 21.1 Å². The van der Waals surface area contributed by atoms with Gasteiger partial charge in [0.2, 0.25) is 5.09 Å². The molecule has 0 saturated carbocycles.